The average Bonchev–Trinajstić information content (AvgIpc) is 3.77. The lowest BCUT2D eigenvalue weighted by Gasteiger charge is -2.19. The third kappa shape index (κ3) is 4.92. The molecule has 2 aromatic heterocycles. The van der Waals surface area contributed by atoms with Gasteiger partial charge in [-0.3, -0.25) is 0 Å². The van der Waals surface area contributed by atoms with E-state index in [1.165, 1.54) is 0 Å². The molecule has 8 aromatic rings. The van der Waals surface area contributed by atoms with Gasteiger partial charge in [0.05, 0.1) is 25.5 Å². The van der Waals surface area contributed by atoms with Gasteiger partial charge in [0.1, 0.15) is 22.9 Å². The summed E-state index contributed by atoms with van der Waals surface area (Å²) < 4.78 is 3.44. The van der Waals surface area contributed by atoms with Crippen molar-refractivity contribution >= 4 is 21.5 Å². The normalized spacial score (nSPS) is 11.4. The number of hydrogen-bond acceptors (Lipinski definition) is 6. The van der Waals surface area contributed by atoms with Crippen LogP contribution < -0.4 is 0 Å². The third-order valence-electron chi connectivity index (χ3n) is 8.33. The molecule has 0 bridgehead atoms. The van der Waals surface area contributed by atoms with Gasteiger partial charge in [-0.15, -0.1) is 10.2 Å². The second-order valence-electron chi connectivity index (χ2n) is 11.3. The first-order chi connectivity index (χ1) is 22.6. The summed E-state index contributed by atoms with van der Waals surface area (Å²) in [5.74, 6) is 0.167. The van der Waals surface area contributed by atoms with Gasteiger partial charge < -0.3 is 10.2 Å². The minimum Gasteiger partial charge on any atom is -0.507 e. The Morgan fingerprint density at radius 3 is 1.30 bits per heavy atom. The van der Waals surface area contributed by atoms with Crippen LogP contribution in [0.25, 0.3) is 55.2 Å². The van der Waals surface area contributed by atoms with Crippen LogP contribution in [0.4, 0.5) is 0 Å². The predicted octanol–water partition coefficient (Wildman–Crippen LogP) is 7.68. The van der Waals surface area contributed by atoms with E-state index >= 15 is 0 Å². The van der Waals surface area contributed by atoms with Gasteiger partial charge in [-0.05, 0) is 33.7 Å². The molecular weight excluding hydrogens is 572 g/mol. The molecule has 8 rings (SSSR count). The number of phenols is 2. The van der Waals surface area contributed by atoms with E-state index < -0.39 is 0 Å². The Morgan fingerprint density at radius 2 is 0.870 bits per heavy atom. The van der Waals surface area contributed by atoms with Crippen LogP contribution in [0.1, 0.15) is 11.1 Å². The van der Waals surface area contributed by atoms with Crippen molar-refractivity contribution in [1.82, 2.24) is 30.0 Å². The van der Waals surface area contributed by atoms with Crippen LogP contribution in [0, 0.1) is 0 Å². The quantitative estimate of drug-likeness (QED) is 0.195. The third-order valence-corrected chi connectivity index (χ3v) is 8.33. The lowest BCUT2D eigenvalue weighted by atomic mass is 9.88. The number of aromatic hydroxyl groups is 2. The van der Waals surface area contributed by atoms with Gasteiger partial charge in [0, 0.05) is 33.4 Å². The molecule has 2 heterocycles. The molecule has 0 saturated heterocycles. The standard InChI is InChI=1S/C38H28N6O2/c45-37-29(21-43-23-33(39-41-43)25-11-3-1-4-12-25)19-27-15-7-9-17-31(27)35(37)36-32-18-10-8-16-28(32)20-30(38(36)46)22-44-24-34(40-42-44)26-13-5-2-6-14-26/h1-20,23-24,45-46H,21-22H2. The zero-order valence-corrected chi connectivity index (χ0v) is 24.7. The van der Waals surface area contributed by atoms with Crippen molar-refractivity contribution in [2.75, 3.05) is 0 Å². The summed E-state index contributed by atoms with van der Waals surface area (Å²) in [6, 6.07) is 39.5. The molecular formula is C38H28N6O2. The van der Waals surface area contributed by atoms with Crippen LogP contribution in [-0.2, 0) is 13.1 Å². The van der Waals surface area contributed by atoms with Crippen LogP contribution >= 0.6 is 0 Å². The fraction of sp³-hybridized carbons (Fsp3) is 0.0526. The minimum atomic E-state index is 0.0835. The van der Waals surface area contributed by atoms with Gasteiger partial charge in [-0.2, -0.15) is 0 Å². The number of phenolic OH excluding ortho intramolecular Hbond substituents is 2. The summed E-state index contributed by atoms with van der Waals surface area (Å²) in [5.41, 5.74) is 5.89. The molecule has 0 spiro atoms. The van der Waals surface area contributed by atoms with E-state index in [0.29, 0.717) is 35.3 Å². The number of rotatable bonds is 7. The molecule has 222 valence electrons. The molecule has 0 aliphatic heterocycles. The summed E-state index contributed by atoms with van der Waals surface area (Å²) >= 11 is 0. The molecule has 6 aromatic carbocycles. The van der Waals surface area contributed by atoms with Crippen LogP contribution in [0.2, 0.25) is 0 Å². The second-order valence-corrected chi connectivity index (χ2v) is 11.3. The van der Waals surface area contributed by atoms with Crippen molar-refractivity contribution in [1.29, 1.82) is 0 Å². The maximum absolute atomic E-state index is 12.0. The number of aromatic nitrogens is 6. The Morgan fingerprint density at radius 1 is 0.478 bits per heavy atom. The van der Waals surface area contributed by atoms with Crippen LogP contribution in [-0.4, -0.2) is 40.2 Å². The molecule has 0 radical (unpaired) electrons. The van der Waals surface area contributed by atoms with Gasteiger partial charge in [-0.25, -0.2) is 9.36 Å². The summed E-state index contributed by atoms with van der Waals surface area (Å²) in [7, 11) is 0. The Labute approximate surface area is 264 Å². The Balaban J connectivity index is 1.26. The molecule has 0 atom stereocenters. The van der Waals surface area contributed by atoms with Crippen molar-refractivity contribution in [3.8, 4) is 45.1 Å². The Hall–Kier alpha value is -6.28. The van der Waals surface area contributed by atoms with Crippen molar-refractivity contribution in [3.05, 3.63) is 145 Å². The SMILES string of the molecule is Oc1c(Cn2cc(-c3ccccc3)nn2)cc2ccccc2c1-c1c(O)c(Cn2cc(-c3ccccc3)nn2)cc2ccccc12. The van der Waals surface area contributed by atoms with E-state index in [1.807, 2.05) is 134 Å². The van der Waals surface area contributed by atoms with Crippen molar-refractivity contribution in [2.45, 2.75) is 13.1 Å². The van der Waals surface area contributed by atoms with E-state index in [9.17, 15) is 10.2 Å². The molecule has 8 heteroatoms. The summed E-state index contributed by atoms with van der Waals surface area (Å²) in [5, 5.41) is 45.0. The second kappa shape index (κ2) is 11.3. The summed E-state index contributed by atoms with van der Waals surface area (Å²) in [6.45, 7) is 0.589. The molecule has 0 aliphatic rings. The van der Waals surface area contributed by atoms with Crippen LogP contribution in [0.5, 0.6) is 11.5 Å². The highest BCUT2D eigenvalue weighted by atomic mass is 16.3. The molecule has 0 amide bonds. The molecule has 46 heavy (non-hydrogen) atoms. The molecule has 0 aliphatic carbocycles. The predicted molar refractivity (Wildman–Crippen MR) is 179 cm³/mol. The monoisotopic (exact) mass is 600 g/mol. The first kappa shape index (κ1) is 27.3. The average molecular weight is 601 g/mol. The molecule has 8 nitrogen and oxygen atoms in total. The summed E-state index contributed by atoms with van der Waals surface area (Å²) in [4.78, 5) is 0. The maximum Gasteiger partial charge on any atom is 0.129 e. The molecule has 0 saturated carbocycles. The van der Waals surface area contributed by atoms with Crippen molar-refractivity contribution in [3.63, 3.8) is 0 Å². The van der Waals surface area contributed by atoms with Gasteiger partial charge in [0.25, 0.3) is 0 Å². The topological polar surface area (TPSA) is 102 Å². The van der Waals surface area contributed by atoms with Gasteiger partial charge >= 0.3 is 0 Å². The highest BCUT2D eigenvalue weighted by molar-refractivity contribution is 6.10. The zero-order chi connectivity index (χ0) is 31.0. The highest BCUT2D eigenvalue weighted by Crippen LogP contribution is 2.47. The molecule has 2 N–H and O–H groups in total. The Kier molecular flexibility index (Phi) is 6.72. The zero-order valence-electron chi connectivity index (χ0n) is 24.7. The lowest BCUT2D eigenvalue weighted by molar-refractivity contribution is 0.458. The van der Waals surface area contributed by atoms with E-state index in [2.05, 4.69) is 20.6 Å². The van der Waals surface area contributed by atoms with Gasteiger partial charge in [-0.1, -0.05) is 120 Å². The number of benzene rings is 6. The fourth-order valence-corrected chi connectivity index (χ4v) is 6.12. The molecule has 0 fully saturated rings. The first-order valence-electron chi connectivity index (χ1n) is 15.0. The number of fused-ring (bicyclic) bond motifs is 2. The summed E-state index contributed by atoms with van der Waals surface area (Å²) in [6.07, 6.45) is 3.75. The van der Waals surface area contributed by atoms with Crippen LogP contribution in [0.15, 0.2) is 134 Å². The van der Waals surface area contributed by atoms with Gasteiger partial charge in [0.2, 0.25) is 0 Å². The van der Waals surface area contributed by atoms with Gasteiger partial charge in [0.15, 0.2) is 0 Å². The van der Waals surface area contributed by atoms with E-state index in [-0.39, 0.29) is 11.5 Å². The largest absolute Gasteiger partial charge is 0.507 e. The van der Waals surface area contributed by atoms with E-state index in [0.717, 1.165) is 44.1 Å². The first-order valence-corrected chi connectivity index (χ1v) is 15.0. The smallest absolute Gasteiger partial charge is 0.129 e. The lowest BCUT2D eigenvalue weighted by Crippen LogP contribution is -2.03. The van der Waals surface area contributed by atoms with Crippen LogP contribution in [0.3, 0.4) is 0 Å². The maximum atomic E-state index is 12.0. The Bertz CT molecular complexity index is 2180. The number of hydrogen-bond donors (Lipinski definition) is 2. The molecule has 0 unspecified atom stereocenters. The van der Waals surface area contributed by atoms with Crippen molar-refractivity contribution < 1.29 is 10.2 Å². The highest BCUT2D eigenvalue weighted by Gasteiger charge is 2.23. The minimum absolute atomic E-state index is 0.0835. The number of nitrogens with zero attached hydrogens (tertiary/aromatic N) is 6. The van der Waals surface area contributed by atoms with Crippen molar-refractivity contribution in [2.24, 2.45) is 0 Å². The fourth-order valence-electron chi connectivity index (χ4n) is 6.12. The van der Waals surface area contributed by atoms with E-state index in [1.54, 1.807) is 9.36 Å². The van der Waals surface area contributed by atoms with E-state index in [4.69, 9.17) is 0 Å².